The standard InChI is InChI=1S/C12H14NO/c13-12(14)11-4-2-1-3-10(11)8-7-9-5-6-9/h1-4,8-9H,5-7H2,(H2,13,14). The molecule has 2 rings (SSSR count). The van der Waals surface area contributed by atoms with E-state index in [-0.39, 0.29) is 5.91 Å². The van der Waals surface area contributed by atoms with Crippen LogP contribution in [0.2, 0.25) is 0 Å². The van der Waals surface area contributed by atoms with Crippen molar-refractivity contribution in [2.45, 2.75) is 19.3 Å². The normalized spacial score (nSPS) is 15.4. The second-order valence-corrected chi connectivity index (χ2v) is 3.83. The number of nitrogens with two attached hydrogens (primary N) is 1. The molecule has 2 heteroatoms. The lowest BCUT2D eigenvalue weighted by Crippen LogP contribution is -2.13. The predicted molar refractivity (Wildman–Crippen MR) is 55.7 cm³/mol. The molecule has 2 N–H and O–H groups in total. The summed E-state index contributed by atoms with van der Waals surface area (Å²) >= 11 is 0. The highest BCUT2D eigenvalue weighted by Crippen LogP contribution is 2.34. The highest BCUT2D eigenvalue weighted by Gasteiger charge is 2.21. The van der Waals surface area contributed by atoms with Gasteiger partial charge in [-0.15, -0.1) is 0 Å². The third-order valence-electron chi connectivity index (χ3n) is 2.59. The monoisotopic (exact) mass is 188 g/mol. The van der Waals surface area contributed by atoms with E-state index in [4.69, 9.17) is 5.73 Å². The molecule has 1 saturated carbocycles. The molecule has 1 aliphatic rings. The summed E-state index contributed by atoms with van der Waals surface area (Å²) in [5.41, 5.74) is 6.89. The van der Waals surface area contributed by atoms with Gasteiger partial charge in [-0.25, -0.2) is 0 Å². The van der Waals surface area contributed by atoms with Gasteiger partial charge in [0.15, 0.2) is 0 Å². The van der Waals surface area contributed by atoms with Crippen molar-refractivity contribution < 1.29 is 4.79 Å². The fourth-order valence-electron chi connectivity index (χ4n) is 1.55. The van der Waals surface area contributed by atoms with Crippen LogP contribution in [0.4, 0.5) is 0 Å². The van der Waals surface area contributed by atoms with E-state index in [1.807, 2.05) is 18.2 Å². The molecule has 1 aromatic rings. The summed E-state index contributed by atoms with van der Waals surface area (Å²) in [6.45, 7) is 0. The summed E-state index contributed by atoms with van der Waals surface area (Å²) in [5.74, 6) is 0.503. The fourth-order valence-corrected chi connectivity index (χ4v) is 1.55. The van der Waals surface area contributed by atoms with E-state index in [1.54, 1.807) is 6.07 Å². The molecule has 14 heavy (non-hydrogen) atoms. The molecule has 0 unspecified atom stereocenters. The first-order valence-electron chi connectivity index (χ1n) is 4.99. The Morgan fingerprint density at radius 1 is 1.43 bits per heavy atom. The van der Waals surface area contributed by atoms with Gasteiger partial charge in [0, 0.05) is 5.56 Å². The third-order valence-corrected chi connectivity index (χ3v) is 2.59. The zero-order valence-corrected chi connectivity index (χ0v) is 8.07. The Morgan fingerprint density at radius 3 is 2.79 bits per heavy atom. The van der Waals surface area contributed by atoms with Crippen molar-refractivity contribution >= 4 is 5.91 Å². The van der Waals surface area contributed by atoms with Crippen molar-refractivity contribution in [1.82, 2.24) is 0 Å². The third kappa shape index (κ3) is 2.13. The van der Waals surface area contributed by atoms with Crippen LogP contribution in [0, 0.1) is 12.3 Å². The Labute approximate surface area is 84.1 Å². The molecule has 0 bridgehead atoms. The minimum absolute atomic E-state index is 0.340. The van der Waals surface area contributed by atoms with Crippen LogP contribution in [-0.4, -0.2) is 5.91 Å². The molecular weight excluding hydrogens is 174 g/mol. The molecule has 0 saturated heterocycles. The molecule has 1 aromatic carbocycles. The van der Waals surface area contributed by atoms with Crippen LogP contribution in [0.3, 0.4) is 0 Å². The summed E-state index contributed by atoms with van der Waals surface area (Å²) in [6.07, 6.45) is 5.85. The van der Waals surface area contributed by atoms with E-state index >= 15 is 0 Å². The summed E-state index contributed by atoms with van der Waals surface area (Å²) in [6, 6.07) is 7.50. The molecule has 0 heterocycles. The quantitative estimate of drug-likeness (QED) is 0.772. The topological polar surface area (TPSA) is 43.1 Å². The van der Waals surface area contributed by atoms with E-state index in [1.165, 1.54) is 12.8 Å². The van der Waals surface area contributed by atoms with Crippen molar-refractivity contribution in [3.8, 4) is 0 Å². The lowest BCUT2D eigenvalue weighted by molar-refractivity contribution is 0.1000. The van der Waals surface area contributed by atoms with Gasteiger partial charge in [0.05, 0.1) is 0 Å². The molecule has 1 amide bonds. The van der Waals surface area contributed by atoms with Gasteiger partial charge in [-0.1, -0.05) is 31.0 Å². The Hall–Kier alpha value is -1.31. The van der Waals surface area contributed by atoms with Gasteiger partial charge >= 0.3 is 0 Å². The Kier molecular flexibility index (Phi) is 2.53. The van der Waals surface area contributed by atoms with Crippen molar-refractivity contribution in [1.29, 1.82) is 0 Å². The maximum atomic E-state index is 11.1. The maximum absolute atomic E-state index is 11.1. The summed E-state index contributed by atoms with van der Waals surface area (Å²) in [7, 11) is 0. The van der Waals surface area contributed by atoms with E-state index in [0.717, 1.165) is 17.9 Å². The lowest BCUT2D eigenvalue weighted by Gasteiger charge is -2.04. The smallest absolute Gasteiger partial charge is 0.248 e. The second kappa shape index (κ2) is 3.82. The SMILES string of the molecule is NC(=O)c1ccccc1[CH]CC1CC1. The molecule has 0 aromatic heterocycles. The van der Waals surface area contributed by atoms with Crippen molar-refractivity contribution in [2.24, 2.45) is 11.7 Å². The van der Waals surface area contributed by atoms with Gasteiger partial charge < -0.3 is 5.73 Å². The van der Waals surface area contributed by atoms with Crippen LogP contribution in [0.15, 0.2) is 24.3 Å². The molecule has 0 spiro atoms. The number of hydrogen-bond donors (Lipinski definition) is 1. The Morgan fingerprint density at radius 2 is 2.14 bits per heavy atom. The fraction of sp³-hybridized carbons (Fsp3) is 0.333. The Bertz CT molecular complexity index is 342. The zero-order chi connectivity index (χ0) is 9.97. The van der Waals surface area contributed by atoms with Crippen LogP contribution in [0.5, 0.6) is 0 Å². The number of primary amides is 1. The summed E-state index contributed by atoms with van der Waals surface area (Å²) in [4.78, 5) is 11.1. The average molecular weight is 188 g/mol. The van der Waals surface area contributed by atoms with Crippen LogP contribution in [0.25, 0.3) is 0 Å². The summed E-state index contributed by atoms with van der Waals surface area (Å²) in [5, 5.41) is 0. The molecule has 1 radical (unpaired) electrons. The predicted octanol–water partition coefficient (Wildman–Crippen LogP) is 2.14. The van der Waals surface area contributed by atoms with Crippen LogP contribution < -0.4 is 5.73 Å². The van der Waals surface area contributed by atoms with Gasteiger partial charge in [-0.05, 0) is 30.4 Å². The second-order valence-electron chi connectivity index (χ2n) is 3.83. The van der Waals surface area contributed by atoms with Crippen LogP contribution in [0.1, 0.15) is 35.2 Å². The van der Waals surface area contributed by atoms with Crippen molar-refractivity contribution in [3.05, 3.63) is 41.8 Å². The summed E-state index contributed by atoms with van der Waals surface area (Å²) < 4.78 is 0. The van der Waals surface area contributed by atoms with E-state index in [0.29, 0.717) is 5.56 Å². The minimum atomic E-state index is -0.340. The first-order chi connectivity index (χ1) is 6.77. The first-order valence-corrected chi connectivity index (χ1v) is 4.99. The van der Waals surface area contributed by atoms with E-state index in [9.17, 15) is 4.79 Å². The molecule has 1 aliphatic carbocycles. The Balaban J connectivity index is 2.09. The number of hydrogen-bond acceptors (Lipinski definition) is 1. The number of rotatable bonds is 4. The van der Waals surface area contributed by atoms with Gasteiger partial charge in [0.25, 0.3) is 0 Å². The average Bonchev–Trinajstić information content (AvgIpc) is 2.98. The van der Waals surface area contributed by atoms with Crippen molar-refractivity contribution in [3.63, 3.8) is 0 Å². The van der Waals surface area contributed by atoms with Gasteiger partial charge in [0.1, 0.15) is 0 Å². The lowest BCUT2D eigenvalue weighted by atomic mass is 10.0. The van der Waals surface area contributed by atoms with Gasteiger partial charge in [-0.3, -0.25) is 4.79 Å². The number of carbonyl (C=O) groups excluding carboxylic acids is 1. The van der Waals surface area contributed by atoms with E-state index < -0.39 is 0 Å². The largest absolute Gasteiger partial charge is 0.366 e. The van der Waals surface area contributed by atoms with E-state index in [2.05, 4.69) is 6.42 Å². The molecule has 73 valence electrons. The number of amides is 1. The molecule has 1 fully saturated rings. The highest BCUT2D eigenvalue weighted by molar-refractivity contribution is 5.94. The highest BCUT2D eigenvalue weighted by atomic mass is 16.1. The number of carbonyl (C=O) groups is 1. The maximum Gasteiger partial charge on any atom is 0.248 e. The minimum Gasteiger partial charge on any atom is -0.366 e. The first kappa shape index (κ1) is 9.25. The molecule has 0 atom stereocenters. The molecule has 0 aliphatic heterocycles. The van der Waals surface area contributed by atoms with Crippen LogP contribution >= 0.6 is 0 Å². The van der Waals surface area contributed by atoms with Crippen molar-refractivity contribution in [2.75, 3.05) is 0 Å². The van der Waals surface area contributed by atoms with Gasteiger partial charge in [0.2, 0.25) is 5.91 Å². The molecular formula is C12H14NO. The van der Waals surface area contributed by atoms with Gasteiger partial charge in [-0.2, -0.15) is 0 Å². The molecule has 2 nitrogen and oxygen atoms in total. The number of benzene rings is 1. The van der Waals surface area contributed by atoms with Crippen LogP contribution in [-0.2, 0) is 0 Å². The zero-order valence-electron chi connectivity index (χ0n) is 8.07.